The van der Waals surface area contributed by atoms with Crippen molar-refractivity contribution >= 4 is 54.3 Å². The van der Waals surface area contributed by atoms with Crippen molar-refractivity contribution in [2.75, 3.05) is 0 Å². The Bertz CT molecular complexity index is 3020. The number of furan rings is 1. The van der Waals surface area contributed by atoms with Gasteiger partial charge in [0.05, 0.1) is 5.48 Å². The van der Waals surface area contributed by atoms with Gasteiger partial charge in [-0.2, -0.15) is 0 Å². The van der Waals surface area contributed by atoms with Crippen LogP contribution in [0.15, 0.2) is 186 Å². The highest BCUT2D eigenvalue weighted by atomic mass is 16.3. The molecule has 10 rings (SSSR count). The minimum Gasteiger partial charge on any atom is -0.455 e. The Kier molecular flexibility index (Phi) is 5.38. The molecule has 0 aliphatic heterocycles. The molecule has 1 heteroatoms. The molecule has 0 N–H and O–H groups in total. The van der Waals surface area contributed by atoms with Crippen molar-refractivity contribution in [2.24, 2.45) is 0 Å². The molecular weight excluding hydrogens is 593 g/mol. The fraction of sp³-hybridized carbons (Fsp3) is 0. The Balaban J connectivity index is 1.20. The van der Waals surface area contributed by atoms with Gasteiger partial charge in [0.2, 0.25) is 0 Å². The smallest absolute Gasteiger partial charge is 0.143 e. The van der Waals surface area contributed by atoms with E-state index < -0.39 is 0 Å². The van der Waals surface area contributed by atoms with Gasteiger partial charge in [0.15, 0.2) is 0 Å². The summed E-state index contributed by atoms with van der Waals surface area (Å²) in [7, 11) is 0. The van der Waals surface area contributed by atoms with E-state index in [0.29, 0.717) is 22.3 Å². The number of fused-ring (bicyclic) bond motifs is 6. The summed E-state index contributed by atoms with van der Waals surface area (Å²) in [6.45, 7) is 0. The van der Waals surface area contributed by atoms with Gasteiger partial charge in [-0.05, 0) is 83.4 Å². The maximum atomic E-state index is 9.51. The lowest BCUT2D eigenvalue weighted by Gasteiger charge is -2.18. The molecule has 228 valence electrons. The lowest BCUT2D eigenvalue weighted by atomic mass is 9.85. The Morgan fingerprint density at radius 2 is 0.878 bits per heavy atom. The molecule has 0 fully saturated rings. The van der Waals surface area contributed by atoms with Gasteiger partial charge >= 0.3 is 0 Å². The van der Waals surface area contributed by atoms with Crippen LogP contribution in [0, 0.1) is 0 Å². The predicted octanol–water partition coefficient (Wildman–Crippen LogP) is 13.7. The minimum atomic E-state index is -0.106. The highest BCUT2D eigenvalue weighted by Crippen LogP contribution is 2.44. The monoisotopic (exact) mass is 626 g/mol. The quantitative estimate of drug-likeness (QED) is 0.177. The zero-order valence-corrected chi connectivity index (χ0v) is 26.4. The molecule has 0 atom stereocenters. The van der Waals surface area contributed by atoms with Gasteiger partial charge in [-0.15, -0.1) is 0 Å². The molecule has 0 aliphatic carbocycles. The average molecular weight is 627 g/mol. The van der Waals surface area contributed by atoms with Gasteiger partial charge in [-0.3, -0.25) is 0 Å². The highest BCUT2D eigenvalue weighted by molar-refractivity contribution is 6.21. The molecule has 0 saturated carbocycles. The fourth-order valence-electron chi connectivity index (χ4n) is 7.53. The summed E-state index contributed by atoms with van der Waals surface area (Å²) in [6.07, 6.45) is 0. The van der Waals surface area contributed by atoms with Crippen molar-refractivity contribution in [3.05, 3.63) is 182 Å². The first-order valence-corrected chi connectivity index (χ1v) is 16.5. The normalized spacial score (nSPS) is 12.8. The van der Waals surface area contributed by atoms with Gasteiger partial charge in [0.25, 0.3) is 0 Å². The maximum absolute atomic E-state index is 9.51. The Morgan fingerprint density at radius 1 is 0.347 bits per heavy atom. The summed E-state index contributed by atoms with van der Waals surface area (Å²) in [5, 5.41) is 7.85. The van der Waals surface area contributed by atoms with Crippen LogP contribution in [0.5, 0.6) is 0 Å². The Morgan fingerprint density at radius 3 is 1.59 bits per heavy atom. The van der Waals surface area contributed by atoms with E-state index in [9.17, 15) is 5.48 Å². The predicted molar refractivity (Wildman–Crippen MR) is 208 cm³/mol. The number of para-hydroxylation sites is 1. The molecule has 1 aromatic heterocycles. The van der Waals surface area contributed by atoms with Crippen molar-refractivity contribution in [3.63, 3.8) is 0 Å². The molecule has 1 nitrogen and oxygen atoms in total. The van der Waals surface area contributed by atoms with Crippen LogP contribution >= 0.6 is 0 Å². The maximum Gasteiger partial charge on any atom is 0.143 e. The first kappa shape index (κ1) is 23.8. The van der Waals surface area contributed by atoms with E-state index in [4.69, 9.17) is 4.42 Å². The second-order valence-electron chi connectivity index (χ2n) is 12.5. The van der Waals surface area contributed by atoms with Crippen LogP contribution in [-0.2, 0) is 0 Å². The van der Waals surface area contributed by atoms with Crippen LogP contribution in [0.3, 0.4) is 0 Å². The third-order valence-electron chi connectivity index (χ3n) is 9.74. The summed E-state index contributed by atoms with van der Waals surface area (Å²) >= 11 is 0. The standard InChI is InChI=1S/C48H30O/c1-2-13-33(14-3-1)46-39-17-6-8-19-41(39)47(42-20-9-7-18-40(42)46)34-26-24-32(25-27-34)38-22-11-23-43-44-30-35(28-29-45(44)49-48(38)43)37-21-10-15-31-12-4-5-16-36(31)37/h1-30H/i24D,25D,26D,27D. The average Bonchev–Trinajstić information content (AvgIpc) is 3.59. The summed E-state index contributed by atoms with van der Waals surface area (Å²) in [5.41, 5.74) is 7.30. The number of rotatable bonds is 4. The van der Waals surface area contributed by atoms with Crippen molar-refractivity contribution in [1.82, 2.24) is 0 Å². The van der Waals surface area contributed by atoms with E-state index in [0.717, 1.165) is 54.6 Å². The van der Waals surface area contributed by atoms with E-state index in [1.807, 2.05) is 84.9 Å². The third-order valence-corrected chi connectivity index (χ3v) is 9.74. The van der Waals surface area contributed by atoms with E-state index in [1.165, 1.54) is 10.8 Å². The van der Waals surface area contributed by atoms with Crippen molar-refractivity contribution in [3.8, 4) is 44.5 Å². The first-order valence-electron chi connectivity index (χ1n) is 18.5. The minimum absolute atomic E-state index is 0.0878. The van der Waals surface area contributed by atoms with Crippen molar-refractivity contribution in [1.29, 1.82) is 0 Å². The molecule has 49 heavy (non-hydrogen) atoms. The van der Waals surface area contributed by atoms with Crippen LogP contribution < -0.4 is 0 Å². The first-order chi connectivity index (χ1) is 26.0. The molecule has 0 unspecified atom stereocenters. The van der Waals surface area contributed by atoms with Crippen molar-refractivity contribution < 1.29 is 9.90 Å². The van der Waals surface area contributed by atoms with Crippen LogP contribution in [0.4, 0.5) is 0 Å². The largest absolute Gasteiger partial charge is 0.455 e. The molecule has 0 spiro atoms. The summed E-state index contributed by atoms with van der Waals surface area (Å²) < 4.78 is 44.4. The van der Waals surface area contributed by atoms with E-state index >= 15 is 0 Å². The highest BCUT2D eigenvalue weighted by Gasteiger charge is 2.18. The number of hydrogen-bond acceptors (Lipinski definition) is 1. The second-order valence-corrected chi connectivity index (χ2v) is 12.5. The zero-order valence-electron chi connectivity index (χ0n) is 30.4. The Labute approximate surface area is 289 Å². The molecule has 0 bridgehead atoms. The van der Waals surface area contributed by atoms with Crippen LogP contribution in [0.2, 0.25) is 0 Å². The lowest BCUT2D eigenvalue weighted by Crippen LogP contribution is -1.90. The van der Waals surface area contributed by atoms with Gasteiger partial charge in [-0.1, -0.05) is 170 Å². The van der Waals surface area contributed by atoms with E-state index in [1.54, 1.807) is 0 Å². The van der Waals surface area contributed by atoms with Gasteiger partial charge in [0.1, 0.15) is 11.2 Å². The molecule has 0 radical (unpaired) electrons. The number of hydrogen-bond donors (Lipinski definition) is 0. The van der Waals surface area contributed by atoms with Crippen LogP contribution in [0.1, 0.15) is 5.48 Å². The van der Waals surface area contributed by atoms with Crippen molar-refractivity contribution in [2.45, 2.75) is 0 Å². The summed E-state index contributed by atoms with van der Waals surface area (Å²) in [5.74, 6) is 0. The van der Waals surface area contributed by atoms with Gasteiger partial charge in [0, 0.05) is 16.3 Å². The second kappa shape index (κ2) is 11.1. The Hall–Kier alpha value is -6.44. The van der Waals surface area contributed by atoms with Gasteiger partial charge < -0.3 is 4.42 Å². The topological polar surface area (TPSA) is 13.1 Å². The number of benzene rings is 9. The fourth-order valence-corrected chi connectivity index (χ4v) is 7.53. The molecule has 0 aliphatic rings. The van der Waals surface area contributed by atoms with Crippen LogP contribution in [-0.4, -0.2) is 0 Å². The lowest BCUT2D eigenvalue weighted by molar-refractivity contribution is 0.670. The molecular formula is C48H30O. The molecule has 1 heterocycles. The molecule has 0 amide bonds. The van der Waals surface area contributed by atoms with Gasteiger partial charge in [-0.25, -0.2) is 0 Å². The SMILES string of the molecule is [2H]c1c([2H])c(-c2cccc3c2oc2ccc(-c4cccc5ccccc45)cc23)c([2H])c([2H])c1-c1c2ccccc2c(-c2ccccc2)c2ccccc12. The summed E-state index contributed by atoms with van der Waals surface area (Å²) in [6, 6.07) is 52.6. The molecule has 10 aromatic rings. The zero-order chi connectivity index (χ0) is 35.8. The third kappa shape index (κ3) is 4.40. The van der Waals surface area contributed by atoms with Crippen LogP contribution in [0.25, 0.3) is 98.8 Å². The summed E-state index contributed by atoms with van der Waals surface area (Å²) in [4.78, 5) is 0. The van der Waals surface area contributed by atoms with E-state index in [2.05, 4.69) is 72.8 Å². The van der Waals surface area contributed by atoms with E-state index in [-0.39, 0.29) is 35.3 Å². The molecule has 0 saturated heterocycles. The molecule has 9 aromatic carbocycles.